The molecule has 1 atom stereocenters. The second-order valence-corrected chi connectivity index (χ2v) is 9.38. The number of hydrogen-bond donors (Lipinski definition) is 1. The molecule has 1 unspecified atom stereocenters. The van der Waals surface area contributed by atoms with Gasteiger partial charge in [0.25, 0.3) is 5.91 Å². The van der Waals surface area contributed by atoms with Crippen molar-refractivity contribution < 1.29 is 14.0 Å². The first-order valence-electron chi connectivity index (χ1n) is 10.6. The molecule has 166 valence electrons. The Hall–Kier alpha value is -3.48. The Bertz CT molecular complexity index is 1150. The fourth-order valence-corrected chi connectivity index (χ4v) is 3.91. The van der Waals surface area contributed by atoms with Crippen molar-refractivity contribution in [1.29, 1.82) is 0 Å². The van der Waals surface area contributed by atoms with Crippen molar-refractivity contribution in [2.75, 3.05) is 4.90 Å². The molecule has 1 aliphatic rings. The van der Waals surface area contributed by atoms with Gasteiger partial charge in [-0.05, 0) is 42.8 Å². The van der Waals surface area contributed by atoms with Crippen LogP contribution in [0.15, 0.2) is 60.7 Å². The summed E-state index contributed by atoms with van der Waals surface area (Å²) in [5, 5.41) is 7.60. The molecule has 1 aromatic heterocycles. The van der Waals surface area contributed by atoms with Gasteiger partial charge < -0.3 is 5.32 Å². The second kappa shape index (κ2) is 7.89. The van der Waals surface area contributed by atoms with Gasteiger partial charge in [0.1, 0.15) is 17.1 Å². The predicted octanol–water partition coefficient (Wildman–Crippen LogP) is 4.06. The van der Waals surface area contributed by atoms with Gasteiger partial charge in [-0.2, -0.15) is 5.10 Å². The number of amides is 2. The molecule has 2 heterocycles. The van der Waals surface area contributed by atoms with Crippen molar-refractivity contribution >= 4 is 17.5 Å². The van der Waals surface area contributed by atoms with Gasteiger partial charge in [0.05, 0.1) is 12.2 Å². The molecule has 1 N–H and O–H groups in total. The molecule has 2 amide bonds. The third kappa shape index (κ3) is 3.90. The minimum Gasteiger partial charge on any atom is -0.350 e. The van der Waals surface area contributed by atoms with Crippen LogP contribution in [0.1, 0.15) is 49.4 Å². The Morgan fingerprint density at radius 2 is 1.78 bits per heavy atom. The van der Waals surface area contributed by atoms with E-state index in [1.807, 2.05) is 51.1 Å². The van der Waals surface area contributed by atoms with E-state index < -0.39 is 11.4 Å². The maximum atomic E-state index is 13.6. The van der Waals surface area contributed by atoms with E-state index in [0.717, 1.165) is 11.3 Å². The Morgan fingerprint density at radius 3 is 2.41 bits per heavy atom. The summed E-state index contributed by atoms with van der Waals surface area (Å²) in [5.74, 6) is -1.06. The van der Waals surface area contributed by atoms with Crippen LogP contribution in [0.3, 0.4) is 0 Å². The summed E-state index contributed by atoms with van der Waals surface area (Å²) < 4.78 is 15.2. The number of carbonyl (C=O) groups is 2. The van der Waals surface area contributed by atoms with Crippen LogP contribution in [0.5, 0.6) is 0 Å². The molecule has 0 fully saturated rings. The van der Waals surface area contributed by atoms with Crippen molar-refractivity contribution in [2.24, 2.45) is 0 Å². The molecule has 3 aromatic rings. The quantitative estimate of drug-likeness (QED) is 0.674. The predicted molar refractivity (Wildman–Crippen MR) is 121 cm³/mol. The van der Waals surface area contributed by atoms with Gasteiger partial charge in [0.2, 0.25) is 5.91 Å². The highest BCUT2D eigenvalue weighted by molar-refractivity contribution is 6.11. The van der Waals surface area contributed by atoms with E-state index in [4.69, 9.17) is 0 Å². The average Bonchev–Trinajstić information content (AvgIpc) is 3.19. The van der Waals surface area contributed by atoms with Crippen LogP contribution in [0, 0.1) is 5.82 Å². The highest BCUT2D eigenvalue weighted by Crippen LogP contribution is 2.34. The lowest BCUT2D eigenvalue weighted by atomic mass is 9.91. The minimum atomic E-state index is -1.25. The largest absolute Gasteiger partial charge is 0.350 e. The minimum absolute atomic E-state index is 0.183. The zero-order chi connectivity index (χ0) is 23.1. The summed E-state index contributed by atoms with van der Waals surface area (Å²) in [7, 11) is 0. The van der Waals surface area contributed by atoms with E-state index in [0.29, 0.717) is 17.9 Å². The SMILES string of the molecule is CC(C)(C)c1cc2n(n1)CC(C)(C(=O)NCc1ccccc1)N(c1ccc(F)cc1)C2=O. The summed E-state index contributed by atoms with van der Waals surface area (Å²) in [6.45, 7) is 8.30. The molecule has 0 saturated carbocycles. The topological polar surface area (TPSA) is 67.2 Å². The number of anilines is 1. The number of carbonyl (C=O) groups excluding carboxylic acids is 2. The summed E-state index contributed by atoms with van der Waals surface area (Å²) in [6.07, 6.45) is 0. The first kappa shape index (κ1) is 21.7. The van der Waals surface area contributed by atoms with E-state index in [9.17, 15) is 14.0 Å². The number of nitrogens with one attached hydrogen (secondary N) is 1. The zero-order valence-corrected chi connectivity index (χ0v) is 18.7. The van der Waals surface area contributed by atoms with Gasteiger partial charge >= 0.3 is 0 Å². The van der Waals surface area contributed by atoms with E-state index >= 15 is 0 Å². The highest BCUT2D eigenvalue weighted by atomic mass is 19.1. The standard InChI is InChI=1S/C25H27FN4O2/c1-24(2,3)21-14-20-22(31)30(19-12-10-18(26)11-13-19)25(4,16-29(20)28-21)23(32)27-15-17-8-6-5-7-9-17/h5-14H,15-16H2,1-4H3,(H,27,32). The fourth-order valence-electron chi connectivity index (χ4n) is 3.91. The molecule has 0 saturated heterocycles. The van der Waals surface area contributed by atoms with Crippen molar-refractivity contribution in [1.82, 2.24) is 15.1 Å². The van der Waals surface area contributed by atoms with Gasteiger partial charge in [0.15, 0.2) is 0 Å². The molecule has 0 radical (unpaired) electrons. The second-order valence-electron chi connectivity index (χ2n) is 9.38. The molecule has 0 aliphatic carbocycles. The lowest BCUT2D eigenvalue weighted by molar-refractivity contribution is -0.126. The summed E-state index contributed by atoms with van der Waals surface area (Å²) in [4.78, 5) is 28.6. The number of nitrogens with zero attached hydrogens (tertiary/aromatic N) is 3. The van der Waals surface area contributed by atoms with E-state index in [-0.39, 0.29) is 23.8 Å². The van der Waals surface area contributed by atoms with Crippen molar-refractivity contribution in [3.8, 4) is 0 Å². The lowest BCUT2D eigenvalue weighted by Crippen LogP contribution is -2.64. The number of hydrogen-bond acceptors (Lipinski definition) is 3. The van der Waals surface area contributed by atoms with Gasteiger partial charge in [-0.25, -0.2) is 4.39 Å². The average molecular weight is 435 g/mol. The smallest absolute Gasteiger partial charge is 0.277 e. The van der Waals surface area contributed by atoms with Gasteiger partial charge in [-0.3, -0.25) is 19.2 Å². The number of aromatic nitrogens is 2. The van der Waals surface area contributed by atoms with Crippen molar-refractivity contribution in [3.63, 3.8) is 0 Å². The first-order valence-corrected chi connectivity index (χ1v) is 10.6. The molecule has 6 nitrogen and oxygen atoms in total. The number of rotatable bonds is 4. The molecule has 2 aromatic carbocycles. The zero-order valence-electron chi connectivity index (χ0n) is 18.7. The normalized spacial score (nSPS) is 18.4. The number of fused-ring (bicyclic) bond motifs is 1. The van der Waals surface area contributed by atoms with Crippen molar-refractivity contribution in [2.45, 2.75) is 51.7 Å². The van der Waals surface area contributed by atoms with Gasteiger partial charge in [-0.15, -0.1) is 0 Å². The monoisotopic (exact) mass is 434 g/mol. The maximum Gasteiger partial charge on any atom is 0.277 e. The Labute approximate surface area is 187 Å². The van der Waals surface area contributed by atoms with Crippen LogP contribution in [-0.2, 0) is 23.3 Å². The fraction of sp³-hybridized carbons (Fsp3) is 0.320. The Kier molecular flexibility index (Phi) is 5.36. The third-order valence-electron chi connectivity index (χ3n) is 5.79. The molecular formula is C25H27FN4O2. The van der Waals surface area contributed by atoms with Crippen LogP contribution < -0.4 is 10.2 Å². The lowest BCUT2D eigenvalue weighted by Gasteiger charge is -2.43. The molecule has 0 bridgehead atoms. The molecule has 1 aliphatic heterocycles. The summed E-state index contributed by atoms with van der Waals surface area (Å²) in [5.41, 5.74) is 1.09. The van der Waals surface area contributed by atoms with Crippen molar-refractivity contribution in [3.05, 3.63) is 83.4 Å². The Balaban J connectivity index is 1.74. The molecular weight excluding hydrogens is 407 g/mol. The van der Waals surface area contributed by atoms with Gasteiger partial charge in [0, 0.05) is 17.6 Å². The van der Waals surface area contributed by atoms with Crippen LogP contribution in [-0.4, -0.2) is 27.1 Å². The summed E-state index contributed by atoms with van der Waals surface area (Å²) >= 11 is 0. The molecule has 4 rings (SSSR count). The number of halogens is 1. The van der Waals surface area contributed by atoms with Crippen LogP contribution in [0.25, 0.3) is 0 Å². The van der Waals surface area contributed by atoms with Gasteiger partial charge in [-0.1, -0.05) is 51.1 Å². The molecule has 7 heteroatoms. The molecule has 0 spiro atoms. The van der Waals surface area contributed by atoms with Crippen LogP contribution in [0.4, 0.5) is 10.1 Å². The molecule has 32 heavy (non-hydrogen) atoms. The third-order valence-corrected chi connectivity index (χ3v) is 5.79. The Morgan fingerprint density at radius 1 is 1.12 bits per heavy atom. The number of benzene rings is 2. The maximum absolute atomic E-state index is 13.6. The van der Waals surface area contributed by atoms with Crippen LogP contribution in [0.2, 0.25) is 0 Å². The highest BCUT2D eigenvalue weighted by Gasteiger charge is 2.49. The van der Waals surface area contributed by atoms with E-state index in [1.54, 1.807) is 17.7 Å². The van der Waals surface area contributed by atoms with E-state index in [1.165, 1.54) is 29.2 Å². The van der Waals surface area contributed by atoms with Crippen LogP contribution >= 0.6 is 0 Å². The first-order chi connectivity index (χ1) is 15.1. The van der Waals surface area contributed by atoms with E-state index in [2.05, 4.69) is 10.4 Å². The summed E-state index contributed by atoms with van der Waals surface area (Å²) in [6, 6.07) is 17.0.